The van der Waals surface area contributed by atoms with Crippen LogP contribution in [0.1, 0.15) is 22.3 Å². The molecule has 4 rings (SSSR count). The van der Waals surface area contributed by atoms with Crippen LogP contribution in [0, 0.1) is 0 Å². The van der Waals surface area contributed by atoms with Gasteiger partial charge >= 0.3 is 0 Å². The minimum absolute atomic E-state index is 0.339. The molecule has 0 aliphatic carbocycles. The van der Waals surface area contributed by atoms with Crippen LogP contribution < -0.4 is 0 Å². The second kappa shape index (κ2) is 8.01. The maximum atomic E-state index is 9.94. The Kier molecular flexibility index (Phi) is 5.11. The Morgan fingerprint density at radius 3 is 1.14 bits per heavy atom. The number of phenolic OH excluding ortho intramolecular Hbond substituents is 2. The molecule has 2 heteroatoms. The molecule has 2 nitrogen and oxygen atoms in total. The van der Waals surface area contributed by atoms with Gasteiger partial charge in [-0.15, -0.1) is 0 Å². The highest BCUT2D eigenvalue weighted by Crippen LogP contribution is 2.25. The lowest BCUT2D eigenvalue weighted by Gasteiger charge is -2.08. The van der Waals surface area contributed by atoms with E-state index in [-0.39, 0.29) is 0 Å². The van der Waals surface area contributed by atoms with E-state index in [0.717, 1.165) is 22.3 Å². The van der Waals surface area contributed by atoms with Crippen LogP contribution in [-0.2, 0) is 12.8 Å². The molecule has 0 aromatic heterocycles. The van der Waals surface area contributed by atoms with Crippen LogP contribution in [0.4, 0.5) is 0 Å². The molecule has 0 aliphatic heterocycles. The summed E-state index contributed by atoms with van der Waals surface area (Å²) in [6.45, 7) is 0. The smallest absolute Gasteiger partial charge is 0.119 e. The Morgan fingerprint density at radius 1 is 0.429 bits per heavy atom. The highest BCUT2D eigenvalue weighted by molar-refractivity contribution is 5.64. The van der Waals surface area contributed by atoms with Crippen molar-refractivity contribution in [3.05, 3.63) is 119 Å². The van der Waals surface area contributed by atoms with Gasteiger partial charge in [-0.3, -0.25) is 0 Å². The topological polar surface area (TPSA) is 40.5 Å². The van der Waals surface area contributed by atoms with E-state index in [1.807, 2.05) is 36.4 Å². The summed E-state index contributed by atoms with van der Waals surface area (Å²) >= 11 is 0. The van der Waals surface area contributed by atoms with E-state index in [1.165, 1.54) is 11.1 Å². The highest BCUT2D eigenvalue weighted by atomic mass is 16.3. The highest BCUT2D eigenvalue weighted by Gasteiger charge is 2.05. The minimum atomic E-state index is 0.339. The molecule has 0 radical (unpaired) electrons. The van der Waals surface area contributed by atoms with Crippen LogP contribution in [0.3, 0.4) is 0 Å². The number of phenols is 2. The first-order valence-electron chi connectivity index (χ1n) is 9.41. The molecule has 2 N–H and O–H groups in total. The zero-order valence-electron chi connectivity index (χ0n) is 15.5. The van der Waals surface area contributed by atoms with Crippen LogP contribution in [0.15, 0.2) is 97.1 Å². The summed E-state index contributed by atoms with van der Waals surface area (Å²) in [5.74, 6) is 0.679. The van der Waals surface area contributed by atoms with Crippen molar-refractivity contribution in [1.82, 2.24) is 0 Å². The van der Waals surface area contributed by atoms with Gasteiger partial charge in [0, 0.05) is 12.8 Å². The monoisotopic (exact) mass is 366 g/mol. The number of rotatable bonds is 5. The summed E-state index contributed by atoms with van der Waals surface area (Å²) in [5, 5.41) is 19.9. The number of para-hydroxylation sites is 2. The first-order chi connectivity index (χ1) is 13.7. The third-order valence-electron chi connectivity index (χ3n) is 5.01. The predicted molar refractivity (Wildman–Crippen MR) is 114 cm³/mol. The SMILES string of the molecule is Oc1ccccc1Cc1ccc(-c2ccc(Cc3ccccc3O)cc2)cc1. The maximum absolute atomic E-state index is 9.94. The normalized spacial score (nSPS) is 10.7. The van der Waals surface area contributed by atoms with Crippen LogP contribution in [0.25, 0.3) is 11.1 Å². The van der Waals surface area contributed by atoms with Gasteiger partial charge < -0.3 is 10.2 Å². The van der Waals surface area contributed by atoms with Gasteiger partial charge in [-0.1, -0.05) is 84.9 Å². The van der Waals surface area contributed by atoms with E-state index in [4.69, 9.17) is 0 Å². The third-order valence-corrected chi connectivity index (χ3v) is 5.01. The van der Waals surface area contributed by atoms with Crippen LogP contribution in [0.2, 0.25) is 0 Å². The molecule has 0 bridgehead atoms. The fourth-order valence-corrected chi connectivity index (χ4v) is 3.39. The Bertz CT molecular complexity index is 975. The van der Waals surface area contributed by atoms with Crippen molar-refractivity contribution < 1.29 is 10.2 Å². The van der Waals surface area contributed by atoms with Gasteiger partial charge in [-0.2, -0.15) is 0 Å². The Balaban J connectivity index is 1.47. The van der Waals surface area contributed by atoms with Gasteiger partial charge in [0.05, 0.1) is 0 Å². The molecule has 0 amide bonds. The number of hydrogen-bond donors (Lipinski definition) is 2. The van der Waals surface area contributed by atoms with Crippen molar-refractivity contribution in [3.63, 3.8) is 0 Å². The second-order valence-electron chi connectivity index (χ2n) is 7.00. The standard InChI is InChI=1S/C26H22O2/c27-25-7-3-1-5-23(25)17-19-9-13-21(14-10-19)22-15-11-20(12-16-22)18-24-6-2-4-8-26(24)28/h1-16,27-28H,17-18H2. The van der Waals surface area contributed by atoms with Crippen LogP contribution in [0.5, 0.6) is 11.5 Å². The Hall–Kier alpha value is -3.52. The van der Waals surface area contributed by atoms with E-state index in [0.29, 0.717) is 24.3 Å². The zero-order chi connectivity index (χ0) is 19.3. The van der Waals surface area contributed by atoms with Crippen molar-refractivity contribution in [2.45, 2.75) is 12.8 Å². The van der Waals surface area contributed by atoms with Crippen molar-refractivity contribution in [3.8, 4) is 22.6 Å². The van der Waals surface area contributed by atoms with Crippen LogP contribution >= 0.6 is 0 Å². The molecule has 0 aliphatic rings. The summed E-state index contributed by atoms with van der Waals surface area (Å²) in [7, 11) is 0. The molecule has 4 aromatic rings. The maximum Gasteiger partial charge on any atom is 0.119 e. The van der Waals surface area contributed by atoms with Gasteiger partial charge in [0.2, 0.25) is 0 Å². The summed E-state index contributed by atoms with van der Waals surface area (Å²) in [6.07, 6.45) is 1.43. The van der Waals surface area contributed by atoms with Crippen molar-refractivity contribution in [2.24, 2.45) is 0 Å². The van der Waals surface area contributed by atoms with Crippen molar-refractivity contribution in [1.29, 1.82) is 0 Å². The van der Waals surface area contributed by atoms with Gasteiger partial charge in [0.15, 0.2) is 0 Å². The first-order valence-corrected chi connectivity index (χ1v) is 9.41. The molecule has 4 aromatic carbocycles. The molecular weight excluding hydrogens is 344 g/mol. The summed E-state index contributed by atoms with van der Waals surface area (Å²) < 4.78 is 0. The number of benzene rings is 4. The largest absolute Gasteiger partial charge is 0.508 e. The van der Waals surface area contributed by atoms with E-state index in [2.05, 4.69) is 48.5 Å². The molecule has 0 heterocycles. The average molecular weight is 366 g/mol. The molecule has 0 spiro atoms. The molecular formula is C26H22O2. The Labute approximate surface area is 165 Å². The average Bonchev–Trinajstić information content (AvgIpc) is 2.73. The van der Waals surface area contributed by atoms with Gasteiger partial charge in [0.25, 0.3) is 0 Å². The van der Waals surface area contributed by atoms with Crippen molar-refractivity contribution in [2.75, 3.05) is 0 Å². The van der Waals surface area contributed by atoms with E-state index < -0.39 is 0 Å². The molecule has 0 fully saturated rings. The van der Waals surface area contributed by atoms with E-state index >= 15 is 0 Å². The summed E-state index contributed by atoms with van der Waals surface area (Å²) in [4.78, 5) is 0. The van der Waals surface area contributed by atoms with Crippen LogP contribution in [-0.4, -0.2) is 10.2 Å². The van der Waals surface area contributed by atoms with Gasteiger partial charge in [-0.05, 0) is 45.5 Å². The zero-order valence-corrected chi connectivity index (χ0v) is 15.5. The lowest BCUT2D eigenvalue weighted by molar-refractivity contribution is 0.469. The van der Waals surface area contributed by atoms with Gasteiger partial charge in [-0.25, -0.2) is 0 Å². The lowest BCUT2D eigenvalue weighted by Crippen LogP contribution is -1.90. The molecule has 0 saturated heterocycles. The first kappa shape index (κ1) is 17.9. The Morgan fingerprint density at radius 2 is 0.786 bits per heavy atom. The molecule has 0 saturated carbocycles. The fourth-order valence-electron chi connectivity index (χ4n) is 3.39. The number of hydrogen-bond acceptors (Lipinski definition) is 2. The van der Waals surface area contributed by atoms with Crippen molar-refractivity contribution >= 4 is 0 Å². The molecule has 28 heavy (non-hydrogen) atoms. The molecule has 0 unspecified atom stereocenters. The summed E-state index contributed by atoms with van der Waals surface area (Å²) in [5.41, 5.74) is 6.53. The van der Waals surface area contributed by atoms with E-state index in [1.54, 1.807) is 12.1 Å². The quantitative estimate of drug-likeness (QED) is 0.458. The predicted octanol–water partition coefficient (Wildman–Crippen LogP) is 5.95. The summed E-state index contributed by atoms with van der Waals surface area (Å²) in [6, 6.07) is 31.8. The molecule has 0 atom stereocenters. The minimum Gasteiger partial charge on any atom is -0.508 e. The second-order valence-corrected chi connectivity index (χ2v) is 7.00. The number of aromatic hydroxyl groups is 2. The molecule has 138 valence electrons. The fraction of sp³-hybridized carbons (Fsp3) is 0.0769. The van der Waals surface area contributed by atoms with E-state index in [9.17, 15) is 10.2 Å². The third kappa shape index (κ3) is 4.07. The van der Waals surface area contributed by atoms with Gasteiger partial charge in [0.1, 0.15) is 11.5 Å². The lowest BCUT2D eigenvalue weighted by atomic mass is 9.98.